The molecule has 1 aromatic carbocycles. The van der Waals surface area contributed by atoms with Gasteiger partial charge in [0.05, 0.1) is 17.7 Å². The molecule has 1 fully saturated rings. The molecular weight excluding hydrogens is 258 g/mol. The van der Waals surface area contributed by atoms with Gasteiger partial charge >= 0.3 is 0 Å². The molecule has 0 atom stereocenters. The number of nitro benzene ring substituents is 1. The van der Waals surface area contributed by atoms with Gasteiger partial charge < -0.3 is 15.0 Å². The van der Waals surface area contributed by atoms with Crippen LogP contribution < -0.4 is 15.0 Å². The van der Waals surface area contributed by atoms with Gasteiger partial charge in [0.15, 0.2) is 0 Å². The summed E-state index contributed by atoms with van der Waals surface area (Å²) in [6.45, 7) is 3.27. The Bertz CT molecular complexity index is 461. The molecule has 0 saturated carbocycles. The lowest BCUT2D eigenvalue weighted by Crippen LogP contribution is -2.43. The van der Waals surface area contributed by atoms with E-state index in [1.807, 2.05) is 0 Å². The number of piperazine rings is 1. The van der Waals surface area contributed by atoms with Crippen LogP contribution in [-0.2, 0) is 0 Å². The van der Waals surface area contributed by atoms with Crippen molar-refractivity contribution < 1.29 is 9.66 Å². The van der Waals surface area contributed by atoms with Crippen molar-refractivity contribution in [2.24, 2.45) is 0 Å². The fourth-order valence-corrected chi connectivity index (χ4v) is 2.21. The number of rotatable bonds is 3. The zero-order chi connectivity index (χ0) is 13.1. The molecule has 0 aliphatic carbocycles. The minimum atomic E-state index is -0.479. The maximum Gasteiger partial charge on any atom is 0.290 e. The van der Waals surface area contributed by atoms with Crippen molar-refractivity contribution in [1.29, 1.82) is 0 Å². The first-order valence-electron chi connectivity index (χ1n) is 5.61. The van der Waals surface area contributed by atoms with Crippen LogP contribution in [0.1, 0.15) is 0 Å². The first-order valence-corrected chi connectivity index (χ1v) is 5.99. The number of benzene rings is 1. The molecule has 0 aromatic heterocycles. The van der Waals surface area contributed by atoms with E-state index in [2.05, 4.69) is 10.2 Å². The lowest BCUT2D eigenvalue weighted by Gasteiger charge is -2.30. The van der Waals surface area contributed by atoms with Crippen LogP contribution in [0, 0.1) is 10.1 Å². The summed E-state index contributed by atoms with van der Waals surface area (Å²) in [6.07, 6.45) is 0. The number of halogens is 1. The van der Waals surface area contributed by atoms with E-state index >= 15 is 0 Å². The second-order valence-electron chi connectivity index (χ2n) is 3.97. The van der Waals surface area contributed by atoms with Gasteiger partial charge in [-0.15, -0.1) is 0 Å². The van der Waals surface area contributed by atoms with Gasteiger partial charge in [0, 0.05) is 38.3 Å². The van der Waals surface area contributed by atoms with Gasteiger partial charge in [0.25, 0.3) is 5.69 Å². The minimum Gasteiger partial charge on any atom is -0.495 e. The average molecular weight is 272 g/mol. The van der Waals surface area contributed by atoms with Crippen molar-refractivity contribution in [1.82, 2.24) is 5.32 Å². The maximum atomic E-state index is 10.9. The number of methoxy groups -OCH3 is 1. The van der Waals surface area contributed by atoms with E-state index in [0.29, 0.717) is 5.75 Å². The van der Waals surface area contributed by atoms with Gasteiger partial charge in [-0.05, 0) is 0 Å². The molecule has 0 radical (unpaired) electrons. The highest BCUT2D eigenvalue weighted by molar-refractivity contribution is 6.33. The Morgan fingerprint density at radius 3 is 2.67 bits per heavy atom. The predicted octanol–water partition coefficient (Wildman–Crippen LogP) is 1.67. The van der Waals surface area contributed by atoms with E-state index in [1.165, 1.54) is 19.2 Å². The minimum absolute atomic E-state index is 0.0917. The molecule has 0 unspecified atom stereocenters. The normalized spacial score (nSPS) is 15.6. The Hall–Kier alpha value is -1.53. The molecule has 1 aliphatic rings. The Kier molecular flexibility index (Phi) is 3.88. The molecular formula is C11H14ClN3O3. The number of ether oxygens (including phenoxy) is 1. The van der Waals surface area contributed by atoms with E-state index in [4.69, 9.17) is 16.3 Å². The molecule has 1 N–H and O–H groups in total. The predicted molar refractivity (Wildman–Crippen MR) is 69.7 cm³/mol. The van der Waals surface area contributed by atoms with Gasteiger partial charge in [-0.2, -0.15) is 0 Å². The quantitative estimate of drug-likeness (QED) is 0.669. The highest BCUT2D eigenvalue weighted by atomic mass is 35.5. The van der Waals surface area contributed by atoms with Crippen LogP contribution in [0.3, 0.4) is 0 Å². The van der Waals surface area contributed by atoms with Gasteiger partial charge in [-0.1, -0.05) is 11.6 Å². The van der Waals surface area contributed by atoms with Crippen molar-refractivity contribution in [3.8, 4) is 5.75 Å². The first kappa shape index (κ1) is 12.9. The summed E-state index contributed by atoms with van der Waals surface area (Å²) in [6, 6.07) is 2.98. The number of nitro groups is 1. The van der Waals surface area contributed by atoms with Crippen LogP contribution in [-0.4, -0.2) is 38.2 Å². The Labute approximate surface area is 110 Å². The lowest BCUT2D eigenvalue weighted by molar-refractivity contribution is -0.384. The van der Waals surface area contributed by atoms with Crippen molar-refractivity contribution in [3.63, 3.8) is 0 Å². The van der Waals surface area contributed by atoms with E-state index in [1.54, 1.807) is 0 Å². The smallest absolute Gasteiger partial charge is 0.290 e. The number of hydrogen-bond acceptors (Lipinski definition) is 5. The largest absolute Gasteiger partial charge is 0.495 e. The Balaban J connectivity index is 2.42. The number of nitrogens with one attached hydrogen (secondary N) is 1. The summed E-state index contributed by atoms with van der Waals surface area (Å²) in [5.74, 6) is 0.563. The molecule has 1 saturated heterocycles. The molecule has 0 amide bonds. The lowest BCUT2D eigenvalue weighted by atomic mass is 10.2. The monoisotopic (exact) mass is 271 g/mol. The molecule has 2 rings (SSSR count). The summed E-state index contributed by atoms with van der Waals surface area (Å²) in [5, 5.41) is 14.2. The second kappa shape index (κ2) is 5.41. The standard InChI is InChI=1S/C11H14ClN3O3/c1-18-11-6-8(12)9(15(16)17)7-10(11)14-4-2-13-3-5-14/h6-7,13H,2-5H2,1H3. The van der Waals surface area contributed by atoms with Crippen molar-refractivity contribution in [2.45, 2.75) is 0 Å². The third-order valence-corrected chi connectivity index (χ3v) is 3.21. The summed E-state index contributed by atoms with van der Waals surface area (Å²) in [4.78, 5) is 12.5. The third kappa shape index (κ3) is 2.49. The van der Waals surface area contributed by atoms with E-state index in [0.717, 1.165) is 31.9 Å². The fraction of sp³-hybridized carbons (Fsp3) is 0.455. The fourth-order valence-electron chi connectivity index (χ4n) is 1.99. The highest BCUT2D eigenvalue weighted by Crippen LogP contribution is 2.37. The molecule has 6 nitrogen and oxygen atoms in total. The number of nitrogens with zero attached hydrogens (tertiary/aromatic N) is 2. The summed E-state index contributed by atoms with van der Waals surface area (Å²) in [7, 11) is 1.53. The van der Waals surface area contributed by atoms with Crippen LogP contribution in [0.25, 0.3) is 0 Å². The van der Waals surface area contributed by atoms with Crippen molar-refractivity contribution in [3.05, 3.63) is 27.3 Å². The van der Waals surface area contributed by atoms with Crippen LogP contribution in [0.5, 0.6) is 5.75 Å². The third-order valence-electron chi connectivity index (χ3n) is 2.90. The molecule has 98 valence electrons. The topological polar surface area (TPSA) is 67.6 Å². The van der Waals surface area contributed by atoms with E-state index in [9.17, 15) is 10.1 Å². The summed E-state index contributed by atoms with van der Waals surface area (Å²) in [5.41, 5.74) is 0.626. The SMILES string of the molecule is COc1cc(Cl)c([N+](=O)[O-])cc1N1CCNCC1. The van der Waals surface area contributed by atoms with Gasteiger partial charge in [0.2, 0.25) is 0 Å². The summed E-state index contributed by atoms with van der Waals surface area (Å²) < 4.78 is 5.25. The van der Waals surface area contributed by atoms with E-state index < -0.39 is 4.92 Å². The molecule has 1 aliphatic heterocycles. The van der Waals surface area contributed by atoms with Gasteiger partial charge in [0.1, 0.15) is 10.8 Å². The molecule has 7 heteroatoms. The zero-order valence-electron chi connectivity index (χ0n) is 9.98. The maximum absolute atomic E-state index is 10.9. The second-order valence-corrected chi connectivity index (χ2v) is 4.38. The zero-order valence-corrected chi connectivity index (χ0v) is 10.7. The van der Waals surface area contributed by atoms with Gasteiger partial charge in [-0.3, -0.25) is 10.1 Å². The van der Waals surface area contributed by atoms with Crippen LogP contribution in [0.4, 0.5) is 11.4 Å². The van der Waals surface area contributed by atoms with Crippen molar-refractivity contribution in [2.75, 3.05) is 38.2 Å². The molecule has 1 aromatic rings. The average Bonchev–Trinajstić information content (AvgIpc) is 2.39. The van der Waals surface area contributed by atoms with Crippen LogP contribution in [0.2, 0.25) is 5.02 Å². The van der Waals surface area contributed by atoms with Gasteiger partial charge in [-0.25, -0.2) is 0 Å². The summed E-state index contributed by atoms with van der Waals surface area (Å²) >= 11 is 5.86. The number of hydrogen-bond donors (Lipinski definition) is 1. The molecule has 0 bridgehead atoms. The molecule has 0 spiro atoms. The van der Waals surface area contributed by atoms with Crippen LogP contribution in [0.15, 0.2) is 12.1 Å². The van der Waals surface area contributed by atoms with Crippen LogP contribution >= 0.6 is 11.6 Å². The highest BCUT2D eigenvalue weighted by Gasteiger charge is 2.22. The first-order chi connectivity index (χ1) is 8.63. The Morgan fingerprint density at radius 1 is 1.44 bits per heavy atom. The number of anilines is 1. The molecule has 1 heterocycles. The van der Waals surface area contributed by atoms with Crippen molar-refractivity contribution >= 4 is 23.0 Å². The van der Waals surface area contributed by atoms with E-state index in [-0.39, 0.29) is 10.7 Å². The Morgan fingerprint density at radius 2 is 2.11 bits per heavy atom. The molecule has 18 heavy (non-hydrogen) atoms.